The molecule has 1 saturated heterocycles. The summed E-state index contributed by atoms with van der Waals surface area (Å²) in [5.74, 6) is 1.39. The summed E-state index contributed by atoms with van der Waals surface area (Å²) in [6, 6.07) is 0. The minimum absolute atomic E-state index is 0.377. The highest BCUT2D eigenvalue weighted by Crippen LogP contribution is 2.36. The van der Waals surface area contributed by atoms with Gasteiger partial charge in [0.15, 0.2) is 16.7 Å². The van der Waals surface area contributed by atoms with Crippen molar-refractivity contribution in [3.05, 3.63) is 11.5 Å². The van der Waals surface area contributed by atoms with Crippen LogP contribution in [0, 0.1) is 5.41 Å². The number of nitrogens with zero attached hydrogens (tertiary/aromatic N) is 3. The Kier molecular flexibility index (Phi) is 3.43. The van der Waals surface area contributed by atoms with Crippen molar-refractivity contribution >= 4 is 17.4 Å². The highest BCUT2D eigenvalue weighted by molar-refractivity contribution is 6.31. The first-order valence-corrected chi connectivity index (χ1v) is 6.21. The number of hydrogen-bond acceptors (Lipinski definition) is 4. The molecule has 0 N–H and O–H groups in total. The zero-order chi connectivity index (χ0) is 12.5. The molecule has 0 spiro atoms. The second-order valence-electron chi connectivity index (χ2n) is 5.17. The summed E-state index contributed by atoms with van der Waals surface area (Å²) in [5.41, 5.74) is 0.417. The Hall–Kier alpha value is -1.03. The molecule has 1 aromatic rings. The Morgan fingerprint density at radius 2 is 1.94 bits per heavy atom. The summed E-state index contributed by atoms with van der Waals surface area (Å²) >= 11 is 6.00. The van der Waals surface area contributed by atoms with E-state index in [0.29, 0.717) is 16.3 Å². The summed E-state index contributed by atoms with van der Waals surface area (Å²) in [6.45, 7) is 6.57. The van der Waals surface area contributed by atoms with Crippen LogP contribution in [0.25, 0.3) is 0 Å². The van der Waals surface area contributed by atoms with Crippen molar-refractivity contribution in [1.29, 1.82) is 0 Å². The highest BCUT2D eigenvalue weighted by atomic mass is 35.5. The molecule has 0 aromatic carbocycles. The molecule has 0 aliphatic carbocycles. The van der Waals surface area contributed by atoms with Crippen LogP contribution >= 0.6 is 11.6 Å². The fourth-order valence-corrected chi connectivity index (χ4v) is 2.27. The second-order valence-corrected chi connectivity index (χ2v) is 5.53. The number of methoxy groups -OCH3 is 1. The van der Waals surface area contributed by atoms with E-state index in [2.05, 4.69) is 28.7 Å². The van der Waals surface area contributed by atoms with Gasteiger partial charge in [-0.1, -0.05) is 25.4 Å². The number of anilines is 1. The fraction of sp³-hybridized carbons (Fsp3) is 0.667. The molecule has 2 heterocycles. The molecule has 1 aliphatic heterocycles. The van der Waals surface area contributed by atoms with Gasteiger partial charge in [0.1, 0.15) is 6.33 Å². The van der Waals surface area contributed by atoms with Crippen molar-refractivity contribution < 1.29 is 4.74 Å². The molecule has 0 amide bonds. The molecule has 1 aliphatic rings. The van der Waals surface area contributed by atoms with Crippen LogP contribution in [0.15, 0.2) is 6.33 Å². The van der Waals surface area contributed by atoms with Gasteiger partial charge in [-0.15, -0.1) is 0 Å². The quantitative estimate of drug-likeness (QED) is 0.762. The van der Waals surface area contributed by atoms with Crippen molar-refractivity contribution in [2.24, 2.45) is 5.41 Å². The third-order valence-electron chi connectivity index (χ3n) is 3.36. The third-order valence-corrected chi connectivity index (χ3v) is 3.63. The van der Waals surface area contributed by atoms with Crippen molar-refractivity contribution in [3.8, 4) is 5.75 Å². The lowest BCUT2D eigenvalue weighted by atomic mass is 9.83. The predicted octanol–water partition coefficient (Wildman–Crippen LogP) is 2.77. The Morgan fingerprint density at radius 3 is 2.53 bits per heavy atom. The summed E-state index contributed by atoms with van der Waals surface area (Å²) in [4.78, 5) is 10.4. The van der Waals surface area contributed by atoms with Gasteiger partial charge in [-0.05, 0) is 18.3 Å². The number of halogens is 1. The number of ether oxygens (including phenoxy) is 1. The maximum absolute atomic E-state index is 6.00. The average molecular weight is 256 g/mol. The lowest BCUT2D eigenvalue weighted by molar-refractivity contribution is 0.277. The van der Waals surface area contributed by atoms with Gasteiger partial charge in [-0.3, -0.25) is 0 Å². The Labute approximate surface area is 107 Å². The van der Waals surface area contributed by atoms with Gasteiger partial charge in [-0.25, -0.2) is 9.97 Å². The molecule has 0 saturated carbocycles. The first-order valence-electron chi connectivity index (χ1n) is 5.83. The van der Waals surface area contributed by atoms with Crippen LogP contribution in [0.4, 0.5) is 5.82 Å². The smallest absolute Gasteiger partial charge is 0.199 e. The van der Waals surface area contributed by atoms with Gasteiger partial charge >= 0.3 is 0 Å². The maximum atomic E-state index is 6.00. The van der Waals surface area contributed by atoms with Crippen molar-refractivity contribution in [2.45, 2.75) is 26.7 Å². The standard InChI is InChI=1S/C12H18ClN3O/c1-12(2)4-6-16(7-5-12)11-9(17-3)10(13)14-8-15-11/h8H,4-7H2,1-3H3. The Balaban J connectivity index is 2.21. The SMILES string of the molecule is COc1c(Cl)ncnc1N1CCC(C)(C)CC1. The number of aromatic nitrogens is 2. The summed E-state index contributed by atoms with van der Waals surface area (Å²) in [5, 5.41) is 0.377. The number of hydrogen-bond donors (Lipinski definition) is 0. The molecule has 0 unspecified atom stereocenters. The van der Waals surface area contributed by atoms with Crippen LogP contribution < -0.4 is 9.64 Å². The van der Waals surface area contributed by atoms with Gasteiger partial charge in [0, 0.05) is 13.1 Å². The zero-order valence-corrected chi connectivity index (χ0v) is 11.3. The molecule has 0 radical (unpaired) electrons. The monoisotopic (exact) mass is 255 g/mol. The van der Waals surface area contributed by atoms with E-state index in [4.69, 9.17) is 16.3 Å². The highest BCUT2D eigenvalue weighted by Gasteiger charge is 2.28. The largest absolute Gasteiger partial charge is 0.490 e. The van der Waals surface area contributed by atoms with Gasteiger partial charge in [0.05, 0.1) is 7.11 Å². The Bertz CT molecular complexity index is 399. The molecule has 0 atom stereocenters. The average Bonchev–Trinajstić information content (AvgIpc) is 2.29. The van der Waals surface area contributed by atoms with Crippen LogP contribution in [-0.2, 0) is 0 Å². The minimum Gasteiger partial charge on any atom is -0.490 e. The second kappa shape index (κ2) is 4.69. The third kappa shape index (κ3) is 2.63. The van der Waals surface area contributed by atoms with Gasteiger partial charge < -0.3 is 9.64 Å². The number of piperidine rings is 1. The number of rotatable bonds is 2. The summed E-state index contributed by atoms with van der Waals surface area (Å²) < 4.78 is 5.28. The molecule has 2 rings (SSSR count). The molecule has 4 nitrogen and oxygen atoms in total. The van der Waals surface area contributed by atoms with Gasteiger partial charge in [0.2, 0.25) is 0 Å². The van der Waals surface area contributed by atoms with Gasteiger partial charge in [-0.2, -0.15) is 0 Å². The van der Waals surface area contributed by atoms with E-state index < -0.39 is 0 Å². The van der Waals surface area contributed by atoms with E-state index in [1.54, 1.807) is 7.11 Å². The van der Waals surface area contributed by atoms with Crippen LogP contribution in [0.5, 0.6) is 5.75 Å². The molecule has 17 heavy (non-hydrogen) atoms. The maximum Gasteiger partial charge on any atom is 0.199 e. The molecular formula is C12H18ClN3O. The van der Waals surface area contributed by atoms with Crippen LogP contribution in [0.1, 0.15) is 26.7 Å². The topological polar surface area (TPSA) is 38.3 Å². The van der Waals surface area contributed by atoms with E-state index in [9.17, 15) is 0 Å². The molecule has 1 fully saturated rings. The molecule has 1 aromatic heterocycles. The molecular weight excluding hydrogens is 238 g/mol. The summed E-state index contributed by atoms with van der Waals surface area (Å²) in [6.07, 6.45) is 3.79. The van der Waals surface area contributed by atoms with Gasteiger partial charge in [0.25, 0.3) is 0 Å². The normalized spacial score (nSPS) is 19.2. The summed E-state index contributed by atoms with van der Waals surface area (Å²) in [7, 11) is 1.60. The first-order chi connectivity index (χ1) is 8.03. The van der Waals surface area contributed by atoms with Crippen molar-refractivity contribution in [2.75, 3.05) is 25.1 Å². The Morgan fingerprint density at radius 1 is 1.29 bits per heavy atom. The van der Waals surface area contributed by atoms with E-state index in [0.717, 1.165) is 31.7 Å². The lowest BCUT2D eigenvalue weighted by Crippen LogP contribution is -2.38. The molecule has 5 heteroatoms. The van der Waals surface area contributed by atoms with E-state index in [1.165, 1.54) is 6.33 Å². The predicted molar refractivity (Wildman–Crippen MR) is 68.8 cm³/mol. The lowest BCUT2D eigenvalue weighted by Gasteiger charge is -2.37. The van der Waals surface area contributed by atoms with Crippen LogP contribution in [0.2, 0.25) is 5.15 Å². The zero-order valence-electron chi connectivity index (χ0n) is 10.5. The van der Waals surface area contributed by atoms with Crippen LogP contribution in [-0.4, -0.2) is 30.2 Å². The fourth-order valence-electron chi connectivity index (χ4n) is 2.07. The van der Waals surface area contributed by atoms with Crippen molar-refractivity contribution in [3.63, 3.8) is 0 Å². The van der Waals surface area contributed by atoms with Crippen LogP contribution in [0.3, 0.4) is 0 Å². The molecule has 0 bridgehead atoms. The molecule has 94 valence electrons. The van der Waals surface area contributed by atoms with E-state index >= 15 is 0 Å². The minimum atomic E-state index is 0.377. The van der Waals surface area contributed by atoms with E-state index in [1.807, 2.05) is 0 Å². The van der Waals surface area contributed by atoms with E-state index in [-0.39, 0.29) is 0 Å². The van der Waals surface area contributed by atoms with Crippen molar-refractivity contribution in [1.82, 2.24) is 9.97 Å². The first kappa shape index (κ1) is 12.4.